The summed E-state index contributed by atoms with van der Waals surface area (Å²) in [6, 6.07) is 0. The highest BCUT2D eigenvalue weighted by molar-refractivity contribution is 6.07. The smallest absolute Gasteiger partial charge is 0.0813 e. The Balaban J connectivity index is 0. The van der Waals surface area contributed by atoms with Crippen molar-refractivity contribution in [3.63, 3.8) is 0 Å². The van der Waals surface area contributed by atoms with Crippen molar-refractivity contribution in [3.05, 3.63) is 0 Å². The van der Waals surface area contributed by atoms with E-state index in [0.29, 0.717) is 0 Å². The lowest BCUT2D eigenvalue weighted by atomic mass is 10.2. The molecule has 0 saturated heterocycles. The fourth-order valence-electron chi connectivity index (χ4n) is 0. The molecule has 0 unspecified atom stereocenters. The molecule has 0 bridgehead atoms. The van der Waals surface area contributed by atoms with Gasteiger partial charge in [-0.05, 0) is 20.8 Å². The third-order valence-electron chi connectivity index (χ3n) is 0.231. The molecule has 52 valence electrons. The number of halogens is 2. The molecule has 0 aromatic carbocycles. The van der Waals surface area contributed by atoms with Crippen LogP contribution in [0.3, 0.4) is 0 Å². The van der Waals surface area contributed by atoms with Gasteiger partial charge in [-0.1, -0.05) is 0 Å². The molecule has 0 atom stereocenters. The van der Waals surface area contributed by atoms with E-state index in [0.717, 1.165) is 0 Å². The van der Waals surface area contributed by atoms with E-state index < -0.39 is 0 Å². The van der Waals surface area contributed by atoms with Crippen molar-refractivity contribution in [1.29, 1.82) is 0 Å². The molecule has 0 saturated carbocycles. The second-order valence-electron chi connectivity index (χ2n) is 2.19. The van der Waals surface area contributed by atoms with Gasteiger partial charge in [-0.15, -0.1) is 0 Å². The fraction of sp³-hybridized carbons (Fsp3) is 1.00. The molecule has 2 nitrogen and oxygen atoms in total. The van der Waals surface area contributed by atoms with Gasteiger partial charge in [-0.2, -0.15) is 0 Å². The Labute approximate surface area is 59.7 Å². The molecule has 0 fully saturated rings. The Kier molecular flexibility index (Phi) is 7.97. The molecule has 0 aromatic rings. The normalized spacial score (nSPS) is 9.75. The molecule has 0 aliphatic carbocycles. The summed E-state index contributed by atoms with van der Waals surface area (Å²) in [7, 11) is 0. The molecule has 0 amide bonds. The van der Waals surface area contributed by atoms with Crippen LogP contribution in [0.5, 0.6) is 0 Å². The maximum atomic E-state index is 6.47. The molecule has 0 aliphatic rings. The monoisotopic (exact) mass is 160 g/mol. The molecule has 0 spiro atoms. The van der Waals surface area contributed by atoms with E-state index in [9.17, 15) is 0 Å². The van der Waals surface area contributed by atoms with Crippen molar-refractivity contribution >= 4 is 23.7 Å². The van der Waals surface area contributed by atoms with Gasteiger partial charge >= 0.3 is 0 Å². The SMILES string of the molecule is CC(C)(C)OCl.OCl. The molecule has 0 heterocycles. The van der Waals surface area contributed by atoms with E-state index in [4.69, 9.17) is 16.5 Å². The Morgan fingerprint density at radius 1 is 1.25 bits per heavy atom. The van der Waals surface area contributed by atoms with Crippen molar-refractivity contribution in [2.75, 3.05) is 0 Å². The molecule has 1 N–H and O–H groups in total. The lowest BCUT2D eigenvalue weighted by molar-refractivity contribution is 0.148. The van der Waals surface area contributed by atoms with Crippen molar-refractivity contribution in [3.8, 4) is 0 Å². The number of hydrogen-bond donors (Lipinski definition) is 1. The number of rotatable bonds is 0. The summed E-state index contributed by atoms with van der Waals surface area (Å²) in [6.45, 7) is 5.67. The van der Waals surface area contributed by atoms with Crippen molar-refractivity contribution in [2.24, 2.45) is 0 Å². The summed E-state index contributed by atoms with van der Waals surface area (Å²) < 4.78 is 10.9. The van der Waals surface area contributed by atoms with Crippen LogP contribution in [-0.4, -0.2) is 10.3 Å². The molecule has 0 rings (SSSR count). The lowest BCUT2D eigenvalue weighted by Gasteiger charge is -2.10. The van der Waals surface area contributed by atoms with Crippen LogP contribution in [0.25, 0.3) is 0 Å². The minimum absolute atomic E-state index is 0.193. The minimum Gasteiger partial charge on any atom is -0.295 e. The van der Waals surface area contributed by atoms with Gasteiger partial charge in [0.15, 0.2) is 0 Å². The van der Waals surface area contributed by atoms with Crippen LogP contribution in [0.15, 0.2) is 0 Å². The van der Waals surface area contributed by atoms with Gasteiger partial charge in [0.05, 0.1) is 29.3 Å². The van der Waals surface area contributed by atoms with Crippen LogP contribution in [0, 0.1) is 0 Å². The van der Waals surface area contributed by atoms with Gasteiger partial charge in [0.25, 0.3) is 0 Å². The largest absolute Gasteiger partial charge is 0.295 e. The summed E-state index contributed by atoms with van der Waals surface area (Å²) in [5.41, 5.74) is -0.193. The predicted molar refractivity (Wildman–Crippen MR) is 34.8 cm³/mol. The Morgan fingerprint density at radius 3 is 1.38 bits per heavy atom. The second kappa shape index (κ2) is 5.63. The summed E-state index contributed by atoms with van der Waals surface area (Å²) in [5.74, 6) is 0. The third-order valence-corrected chi connectivity index (χ3v) is 0.694. The zero-order valence-electron chi connectivity index (χ0n) is 5.11. The van der Waals surface area contributed by atoms with Gasteiger partial charge in [-0.25, -0.2) is 0 Å². The molecular weight excluding hydrogens is 151 g/mol. The standard InChI is InChI=1S/C4H9ClO.ClHO/c1-4(2,3)6-5;1-2/h1-3H3;2H. The van der Waals surface area contributed by atoms with Crippen molar-refractivity contribution in [1.82, 2.24) is 0 Å². The van der Waals surface area contributed by atoms with E-state index in [-0.39, 0.29) is 5.60 Å². The molecular formula is C4H10Cl2O2. The Hall–Kier alpha value is 0.500. The van der Waals surface area contributed by atoms with E-state index in [1.165, 1.54) is 0 Å². The average molecular weight is 161 g/mol. The molecule has 0 radical (unpaired) electrons. The number of hydrogen-bond acceptors (Lipinski definition) is 2. The molecule has 8 heavy (non-hydrogen) atoms. The van der Waals surface area contributed by atoms with Crippen LogP contribution < -0.4 is 0 Å². The maximum absolute atomic E-state index is 6.47. The predicted octanol–water partition coefficient (Wildman–Crippen LogP) is 2.09. The summed E-state index contributed by atoms with van der Waals surface area (Å²) in [4.78, 5) is 0. The van der Waals surface area contributed by atoms with Gasteiger partial charge in [0, 0.05) is 0 Å². The van der Waals surface area contributed by atoms with Crippen LogP contribution >= 0.6 is 23.7 Å². The average Bonchev–Trinajstić information content (AvgIpc) is 1.71. The van der Waals surface area contributed by atoms with Gasteiger partial charge in [0.1, 0.15) is 0 Å². The molecule has 0 aliphatic heterocycles. The minimum atomic E-state index is -0.193. The fourth-order valence-corrected chi connectivity index (χ4v) is 0. The van der Waals surface area contributed by atoms with Gasteiger partial charge < -0.3 is 0 Å². The highest BCUT2D eigenvalue weighted by Crippen LogP contribution is 2.07. The quantitative estimate of drug-likeness (QED) is 0.589. The lowest BCUT2D eigenvalue weighted by Crippen LogP contribution is -2.12. The third kappa shape index (κ3) is 16.1. The first-order valence-electron chi connectivity index (χ1n) is 2.03. The van der Waals surface area contributed by atoms with Crippen molar-refractivity contribution in [2.45, 2.75) is 26.4 Å². The van der Waals surface area contributed by atoms with E-state index in [1.807, 2.05) is 20.8 Å². The first-order chi connectivity index (χ1) is 3.56. The summed E-state index contributed by atoms with van der Waals surface area (Å²) in [5, 5.41) is 0. The van der Waals surface area contributed by atoms with E-state index in [2.05, 4.69) is 16.2 Å². The second-order valence-corrected chi connectivity index (χ2v) is 2.34. The summed E-state index contributed by atoms with van der Waals surface area (Å²) in [6.07, 6.45) is 0. The van der Waals surface area contributed by atoms with E-state index >= 15 is 0 Å². The van der Waals surface area contributed by atoms with E-state index in [1.54, 1.807) is 0 Å². The molecule has 0 aromatic heterocycles. The maximum Gasteiger partial charge on any atom is 0.0813 e. The van der Waals surface area contributed by atoms with Crippen molar-refractivity contribution < 1.29 is 8.95 Å². The van der Waals surface area contributed by atoms with Crippen LogP contribution in [0.1, 0.15) is 20.8 Å². The van der Waals surface area contributed by atoms with Crippen LogP contribution in [0.2, 0.25) is 0 Å². The topological polar surface area (TPSA) is 29.5 Å². The summed E-state index contributed by atoms with van der Waals surface area (Å²) >= 11 is 8.62. The van der Waals surface area contributed by atoms with Gasteiger partial charge in [0.2, 0.25) is 0 Å². The Bertz CT molecular complexity index is 41.8. The first-order valence-corrected chi connectivity index (χ1v) is 2.67. The van der Waals surface area contributed by atoms with Crippen LogP contribution in [0.4, 0.5) is 0 Å². The van der Waals surface area contributed by atoms with Crippen LogP contribution in [-0.2, 0) is 4.29 Å². The highest BCUT2D eigenvalue weighted by atomic mass is 35.5. The Morgan fingerprint density at radius 2 is 1.38 bits per heavy atom. The zero-order valence-corrected chi connectivity index (χ0v) is 6.62. The highest BCUT2D eigenvalue weighted by Gasteiger charge is 2.06. The first kappa shape index (κ1) is 11.3. The van der Waals surface area contributed by atoms with Gasteiger partial charge in [-0.3, -0.25) is 8.95 Å². The zero-order chi connectivity index (χ0) is 7.21. The molecule has 4 heteroatoms.